The number of anilines is 1. The van der Waals surface area contributed by atoms with Crippen molar-refractivity contribution in [3.63, 3.8) is 0 Å². The van der Waals surface area contributed by atoms with E-state index >= 15 is 0 Å². The van der Waals surface area contributed by atoms with Gasteiger partial charge in [-0.15, -0.1) is 0 Å². The van der Waals surface area contributed by atoms with Gasteiger partial charge in [-0.25, -0.2) is 4.68 Å². The minimum absolute atomic E-state index is 0.734. The van der Waals surface area contributed by atoms with Gasteiger partial charge in [0.1, 0.15) is 5.82 Å². The fourth-order valence-electron chi connectivity index (χ4n) is 5.38. The van der Waals surface area contributed by atoms with E-state index in [1.165, 1.54) is 53.2 Å². The zero-order valence-corrected chi connectivity index (χ0v) is 21.8. The average Bonchev–Trinajstić information content (AvgIpc) is 3.66. The smallest absolute Gasteiger partial charge is 0.137 e. The molecule has 1 aliphatic heterocycles. The Morgan fingerprint density at radius 1 is 0.971 bits per heavy atom. The Hall–Kier alpha value is -2.63. The quantitative estimate of drug-likeness (QED) is 0.412. The van der Waals surface area contributed by atoms with E-state index in [0.717, 1.165) is 58.2 Å². The molecule has 5 rings (SSSR count). The Morgan fingerprint density at radius 2 is 1.74 bits per heavy atom. The molecule has 35 heavy (non-hydrogen) atoms. The first-order valence-electron chi connectivity index (χ1n) is 13.5. The maximum Gasteiger partial charge on any atom is 0.137 e. The van der Waals surface area contributed by atoms with Crippen molar-refractivity contribution >= 4 is 5.82 Å². The number of piperazine rings is 1. The predicted molar refractivity (Wildman–Crippen MR) is 146 cm³/mol. The van der Waals surface area contributed by atoms with Gasteiger partial charge in [0.2, 0.25) is 0 Å². The van der Waals surface area contributed by atoms with Crippen molar-refractivity contribution in [3.8, 4) is 5.69 Å². The van der Waals surface area contributed by atoms with Gasteiger partial charge in [0.25, 0.3) is 0 Å². The highest BCUT2D eigenvalue weighted by atomic mass is 15.4. The van der Waals surface area contributed by atoms with Crippen molar-refractivity contribution < 1.29 is 0 Å². The third-order valence-electron chi connectivity index (χ3n) is 7.60. The van der Waals surface area contributed by atoms with E-state index in [1.807, 2.05) is 0 Å². The molecule has 2 heterocycles. The average molecular weight is 472 g/mol. The third-order valence-corrected chi connectivity index (χ3v) is 7.60. The van der Waals surface area contributed by atoms with Crippen LogP contribution in [0.2, 0.25) is 0 Å². The standard InChI is InChI=1S/C30H41N5/c1-4-29-28(23-34(26-15-16-26)17-9-13-25-11-6-5-7-12-25)30(33-20-18-32(3)19-21-33)35(31-29)27-14-8-10-24(2)22-27/h5-8,10-12,14,22,26H,4,9,13,15-21,23H2,1-3H3. The summed E-state index contributed by atoms with van der Waals surface area (Å²) in [5, 5.41) is 5.23. The molecule has 1 aliphatic carbocycles. The van der Waals surface area contributed by atoms with Crippen molar-refractivity contribution in [3.05, 3.63) is 77.0 Å². The van der Waals surface area contributed by atoms with Crippen LogP contribution in [0.15, 0.2) is 54.6 Å². The maximum absolute atomic E-state index is 5.23. The molecule has 0 spiro atoms. The zero-order valence-electron chi connectivity index (χ0n) is 21.8. The van der Waals surface area contributed by atoms with E-state index in [2.05, 4.69) is 94.9 Å². The SMILES string of the molecule is CCc1nn(-c2cccc(C)c2)c(N2CCN(C)CC2)c1CN(CCCc1ccccc1)C1CC1. The van der Waals surface area contributed by atoms with Gasteiger partial charge in [-0.2, -0.15) is 5.10 Å². The second-order valence-electron chi connectivity index (χ2n) is 10.4. The fourth-order valence-corrected chi connectivity index (χ4v) is 5.38. The first-order chi connectivity index (χ1) is 17.1. The van der Waals surface area contributed by atoms with E-state index in [1.54, 1.807) is 0 Å². The lowest BCUT2D eigenvalue weighted by molar-refractivity contribution is 0.250. The highest BCUT2D eigenvalue weighted by Crippen LogP contribution is 2.34. The summed E-state index contributed by atoms with van der Waals surface area (Å²) in [6.07, 6.45) is 6.00. The first-order valence-corrected chi connectivity index (χ1v) is 13.5. The Bertz CT molecular complexity index is 1090. The van der Waals surface area contributed by atoms with E-state index in [-0.39, 0.29) is 0 Å². The van der Waals surface area contributed by atoms with Gasteiger partial charge in [0.05, 0.1) is 11.4 Å². The zero-order chi connectivity index (χ0) is 24.2. The van der Waals surface area contributed by atoms with Crippen LogP contribution in [0.1, 0.15) is 48.6 Å². The van der Waals surface area contributed by atoms with Crippen LogP contribution >= 0.6 is 0 Å². The van der Waals surface area contributed by atoms with Crippen molar-refractivity contribution in [2.75, 3.05) is 44.7 Å². The number of benzene rings is 2. The second-order valence-corrected chi connectivity index (χ2v) is 10.4. The van der Waals surface area contributed by atoms with E-state index in [0.29, 0.717) is 0 Å². The second kappa shape index (κ2) is 11.0. The summed E-state index contributed by atoms with van der Waals surface area (Å²) in [6, 6.07) is 20.5. The largest absolute Gasteiger partial charge is 0.354 e. The molecule has 2 aromatic carbocycles. The van der Waals surface area contributed by atoms with Gasteiger partial charge in [0.15, 0.2) is 0 Å². The Labute approximate surface area is 211 Å². The molecule has 2 aliphatic rings. The van der Waals surface area contributed by atoms with Gasteiger partial charge < -0.3 is 9.80 Å². The van der Waals surface area contributed by atoms with Crippen LogP contribution in [0, 0.1) is 6.92 Å². The van der Waals surface area contributed by atoms with Crippen molar-refractivity contribution in [2.24, 2.45) is 0 Å². The molecule has 0 amide bonds. The van der Waals surface area contributed by atoms with Crippen LogP contribution in [-0.4, -0.2) is 65.4 Å². The number of nitrogens with zero attached hydrogens (tertiary/aromatic N) is 5. The third kappa shape index (κ3) is 5.79. The number of likely N-dealkylation sites (N-methyl/N-ethyl adjacent to an activating group) is 1. The normalized spacial score (nSPS) is 16.9. The minimum Gasteiger partial charge on any atom is -0.354 e. The van der Waals surface area contributed by atoms with Gasteiger partial charge in [0, 0.05) is 44.3 Å². The van der Waals surface area contributed by atoms with Crippen LogP contribution in [0.4, 0.5) is 5.82 Å². The highest BCUT2D eigenvalue weighted by Gasteiger charge is 2.32. The lowest BCUT2D eigenvalue weighted by Crippen LogP contribution is -2.45. The molecule has 1 saturated carbocycles. The molecular weight excluding hydrogens is 430 g/mol. The molecule has 0 unspecified atom stereocenters. The van der Waals surface area contributed by atoms with Gasteiger partial charge in [-0.3, -0.25) is 4.90 Å². The van der Waals surface area contributed by atoms with E-state index < -0.39 is 0 Å². The molecule has 0 N–H and O–H groups in total. The number of aryl methyl sites for hydroxylation is 3. The summed E-state index contributed by atoms with van der Waals surface area (Å²) in [6.45, 7) is 10.9. The number of rotatable bonds is 10. The molecule has 186 valence electrons. The monoisotopic (exact) mass is 471 g/mol. The van der Waals surface area contributed by atoms with Crippen molar-refractivity contribution in [1.29, 1.82) is 0 Å². The minimum atomic E-state index is 0.734. The molecule has 0 atom stereocenters. The first kappa shape index (κ1) is 24.1. The summed E-state index contributed by atoms with van der Waals surface area (Å²) in [7, 11) is 2.23. The summed E-state index contributed by atoms with van der Waals surface area (Å²) in [5.41, 5.74) is 6.62. The molecule has 2 fully saturated rings. The van der Waals surface area contributed by atoms with Crippen LogP contribution in [-0.2, 0) is 19.4 Å². The molecule has 1 saturated heterocycles. The van der Waals surface area contributed by atoms with Crippen LogP contribution in [0.3, 0.4) is 0 Å². The summed E-state index contributed by atoms with van der Waals surface area (Å²) in [5.74, 6) is 1.33. The summed E-state index contributed by atoms with van der Waals surface area (Å²) in [4.78, 5) is 7.78. The fraction of sp³-hybridized carbons (Fsp3) is 0.500. The van der Waals surface area contributed by atoms with Crippen LogP contribution in [0.25, 0.3) is 5.69 Å². The van der Waals surface area contributed by atoms with Gasteiger partial charge in [-0.1, -0.05) is 49.4 Å². The lowest BCUT2D eigenvalue weighted by Gasteiger charge is -2.35. The topological polar surface area (TPSA) is 27.5 Å². The molecule has 5 heteroatoms. The Kier molecular flexibility index (Phi) is 7.54. The van der Waals surface area contributed by atoms with Gasteiger partial charge >= 0.3 is 0 Å². The summed E-state index contributed by atoms with van der Waals surface area (Å²) >= 11 is 0. The van der Waals surface area contributed by atoms with Crippen LogP contribution in [0.5, 0.6) is 0 Å². The number of hydrogen-bond acceptors (Lipinski definition) is 4. The molecular formula is C30H41N5. The number of aromatic nitrogens is 2. The van der Waals surface area contributed by atoms with E-state index in [4.69, 9.17) is 5.10 Å². The Morgan fingerprint density at radius 3 is 2.43 bits per heavy atom. The van der Waals surface area contributed by atoms with Crippen LogP contribution < -0.4 is 4.90 Å². The van der Waals surface area contributed by atoms with E-state index in [9.17, 15) is 0 Å². The van der Waals surface area contributed by atoms with Gasteiger partial charge in [-0.05, 0) is 75.9 Å². The molecule has 3 aromatic rings. The van der Waals surface area contributed by atoms with Crippen molar-refractivity contribution in [1.82, 2.24) is 19.6 Å². The maximum atomic E-state index is 5.23. The van der Waals surface area contributed by atoms with Crippen molar-refractivity contribution in [2.45, 2.75) is 58.5 Å². The number of hydrogen-bond donors (Lipinski definition) is 0. The lowest BCUT2D eigenvalue weighted by atomic mass is 10.1. The molecule has 5 nitrogen and oxygen atoms in total. The molecule has 1 aromatic heterocycles. The predicted octanol–water partition coefficient (Wildman–Crippen LogP) is 5.09. The summed E-state index contributed by atoms with van der Waals surface area (Å²) < 4.78 is 2.25. The molecule has 0 radical (unpaired) electrons. The molecule has 0 bridgehead atoms. The highest BCUT2D eigenvalue weighted by molar-refractivity contribution is 5.56. The Balaban J connectivity index is 1.44.